The molecule has 320 valence electrons. The third-order valence-electron chi connectivity index (χ3n) is 13.4. The fourth-order valence-electron chi connectivity index (χ4n) is 10.1. The van der Waals surface area contributed by atoms with Crippen molar-refractivity contribution in [2.45, 2.75) is 77.6 Å². The number of carboxylic acids is 1. The van der Waals surface area contributed by atoms with Gasteiger partial charge in [-0.2, -0.15) is 0 Å². The number of thiophene rings is 2. The number of aryl methyl sites for hydroxylation is 1. The van der Waals surface area contributed by atoms with Crippen LogP contribution in [0.3, 0.4) is 0 Å². The van der Waals surface area contributed by atoms with Gasteiger partial charge in [-0.25, -0.2) is 4.85 Å². The third kappa shape index (κ3) is 6.93. The average Bonchev–Trinajstić information content (AvgIpc) is 4.02. The van der Waals surface area contributed by atoms with E-state index in [0.717, 1.165) is 51.6 Å². The first-order chi connectivity index (χ1) is 31.0. The zero-order valence-electron chi connectivity index (χ0n) is 36.9. The Bertz CT molecular complexity index is 2940. The number of aliphatic carboxylic acids is 1. The van der Waals surface area contributed by atoms with Gasteiger partial charge in [-0.15, -0.1) is 22.7 Å². The molecule has 6 nitrogen and oxygen atoms in total. The Hall–Kier alpha value is -6.40. The van der Waals surface area contributed by atoms with E-state index in [2.05, 4.69) is 160 Å². The Morgan fingerprint density at radius 3 is 1.83 bits per heavy atom. The van der Waals surface area contributed by atoms with Crippen molar-refractivity contribution >= 4 is 51.8 Å². The lowest BCUT2D eigenvalue weighted by atomic mass is 9.82. The van der Waals surface area contributed by atoms with E-state index in [1.54, 1.807) is 11.3 Å². The van der Waals surface area contributed by atoms with Crippen LogP contribution in [0.1, 0.15) is 93.0 Å². The average molecular weight is 879 g/mol. The van der Waals surface area contributed by atoms with Crippen molar-refractivity contribution < 1.29 is 19.4 Å². The summed E-state index contributed by atoms with van der Waals surface area (Å²) < 4.78 is 12.3. The second kappa shape index (κ2) is 16.3. The van der Waals surface area contributed by atoms with E-state index in [-0.39, 0.29) is 16.5 Å². The van der Waals surface area contributed by atoms with E-state index in [1.165, 1.54) is 85.2 Å². The van der Waals surface area contributed by atoms with Gasteiger partial charge in [0.25, 0.3) is 5.70 Å². The first kappa shape index (κ1) is 41.6. The summed E-state index contributed by atoms with van der Waals surface area (Å²) in [5, 5.41) is 9.66. The Morgan fingerprint density at radius 1 is 0.688 bits per heavy atom. The number of carbonyl (C=O) groups is 1. The standard InChI is InChI=1S/C56H50N2O4S2/c1-7-8-9-10-15-35-30-49(53-51-50(61-28-29-62-51)48(63-53)33-47(57-6)54(59)60)64-52(35)34-20-22-36(23-21-34)58(37-24-26-41-39-16-11-13-18-43(39)55(2,3)45(41)31-37)38-25-27-42-40-17-12-14-19-44(40)56(4,5)46(42)32-38/h11-14,16-27,30-33H,7-10,15,28-29H2,1-5H3,(H,59,60)/b47-33-. The summed E-state index contributed by atoms with van der Waals surface area (Å²) in [5.74, 6) is -0.133. The Morgan fingerprint density at radius 2 is 1.25 bits per heavy atom. The van der Waals surface area contributed by atoms with Gasteiger partial charge in [0.2, 0.25) is 0 Å². The summed E-state index contributed by atoms with van der Waals surface area (Å²) >= 11 is 3.15. The van der Waals surface area contributed by atoms with Crippen LogP contribution in [0.25, 0.3) is 53.4 Å². The quantitative estimate of drug-likeness (QED) is 0.0752. The van der Waals surface area contributed by atoms with Crippen molar-refractivity contribution in [2.24, 2.45) is 0 Å². The molecule has 5 aromatic carbocycles. The molecule has 0 fully saturated rings. The molecule has 0 radical (unpaired) electrons. The molecule has 0 amide bonds. The highest BCUT2D eigenvalue weighted by atomic mass is 32.1. The first-order valence-electron chi connectivity index (χ1n) is 22.3. The molecular weight excluding hydrogens is 829 g/mol. The van der Waals surface area contributed by atoms with Crippen LogP contribution >= 0.6 is 22.7 Å². The maximum absolute atomic E-state index is 11.8. The highest BCUT2D eigenvalue weighted by molar-refractivity contribution is 7.24. The minimum Gasteiger partial charge on any atom is -0.486 e. The zero-order chi connectivity index (χ0) is 44.3. The van der Waals surface area contributed by atoms with Crippen LogP contribution in [0, 0.1) is 6.57 Å². The molecule has 10 rings (SSSR count). The fourth-order valence-corrected chi connectivity index (χ4v) is 12.5. The number of hydrogen-bond acceptors (Lipinski definition) is 6. The van der Waals surface area contributed by atoms with Crippen molar-refractivity contribution in [3.05, 3.63) is 165 Å². The van der Waals surface area contributed by atoms with Gasteiger partial charge in [-0.05, 0) is 117 Å². The fraction of sp³-hybridized carbons (Fsp3) is 0.250. The lowest BCUT2D eigenvalue weighted by Gasteiger charge is -2.30. The number of nitrogens with zero attached hydrogens (tertiary/aromatic N) is 2. The summed E-state index contributed by atoms with van der Waals surface area (Å²) in [6.07, 6.45) is 6.96. The monoisotopic (exact) mass is 878 g/mol. The smallest absolute Gasteiger partial charge is 0.333 e. The summed E-state index contributed by atoms with van der Waals surface area (Å²) in [6, 6.07) is 43.0. The highest BCUT2D eigenvalue weighted by Crippen LogP contribution is 2.55. The van der Waals surface area contributed by atoms with E-state index < -0.39 is 5.97 Å². The number of hydrogen-bond donors (Lipinski definition) is 1. The van der Waals surface area contributed by atoms with E-state index in [0.29, 0.717) is 29.6 Å². The predicted octanol–water partition coefficient (Wildman–Crippen LogP) is 15.5. The molecule has 8 heteroatoms. The third-order valence-corrected chi connectivity index (χ3v) is 15.9. The molecule has 0 unspecified atom stereocenters. The van der Waals surface area contributed by atoms with E-state index in [1.807, 2.05) is 0 Å². The van der Waals surface area contributed by atoms with Crippen LogP contribution in [-0.4, -0.2) is 24.3 Å². The van der Waals surface area contributed by atoms with Gasteiger partial charge in [0, 0.05) is 37.6 Å². The van der Waals surface area contributed by atoms with Crippen molar-refractivity contribution in [1.82, 2.24) is 0 Å². The zero-order valence-corrected chi connectivity index (χ0v) is 38.5. The van der Waals surface area contributed by atoms with Crippen LogP contribution in [0.15, 0.2) is 121 Å². The normalized spacial score (nSPS) is 14.9. The van der Waals surface area contributed by atoms with E-state index in [4.69, 9.17) is 16.0 Å². The molecule has 3 aliphatic rings. The first-order valence-corrected chi connectivity index (χ1v) is 23.9. The molecule has 64 heavy (non-hydrogen) atoms. The minimum atomic E-state index is -1.26. The molecule has 7 aromatic rings. The van der Waals surface area contributed by atoms with Gasteiger partial charge in [0.1, 0.15) is 13.2 Å². The van der Waals surface area contributed by atoms with Crippen LogP contribution in [0.4, 0.5) is 17.1 Å². The maximum Gasteiger partial charge on any atom is 0.333 e. The number of carboxylic acid groups (broad SMARTS) is 1. The van der Waals surface area contributed by atoms with Crippen LogP contribution in [0.5, 0.6) is 11.5 Å². The second-order valence-electron chi connectivity index (χ2n) is 18.1. The molecular formula is C56H50N2O4S2. The Balaban J connectivity index is 1.08. The van der Waals surface area contributed by atoms with Gasteiger partial charge in [0.05, 0.1) is 16.3 Å². The number of fused-ring (bicyclic) bond motifs is 7. The van der Waals surface area contributed by atoms with Gasteiger partial charge in [-0.1, -0.05) is 127 Å². The van der Waals surface area contributed by atoms with Crippen LogP contribution in [0.2, 0.25) is 0 Å². The van der Waals surface area contributed by atoms with Crippen molar-refractivity contribution in [3.63, 3.8) is 0 Å². The molecule has 0 saturated heterocycles. The summed E-state index contributed by atoms with van der Waals surface area (Å²) in [7, 11) is 0. The Labute approximate surface area is 383 Å². The van der Waals surface area contributed by atoms with Crippen LogP contribution < -0.4 is 14.4 Å². The van der Waals surface area contributed by atoms with Crippen molar-refractivity contribution in [3.8, 4) is 53.9 Å². The number of unbranched alkanes of at least 4 members (excludes halogenated alkanes) is 3. The summed E-state index contributed by atoms with van der Waals surface area (Å²) in [5.41, 5.74) is 15.7. The Kier molecular flexibility index (Phi) is 10.6. The maximum atomic E-state index is 11.8. The van der Waals surface area contributed by atoms with E-state index >= 15 is 0 Å². The summed E-state index contributed by atoms with van der Waals surface area (Å²) in [4.78, 5) is 21.2. The second-order valence-corrected chi connectivity index (χ2v) is 20.2. The minimum absolute atomic E-state index is 0.144. The number of anilines is 3. The highest BCUT2D eigenvalue weighted by Gasteiger charge is 2.38. The lowest BCUT2D eigenvalue weighted by molar-refractivity contribution is -0.132. The predicted molar refractivity (Wildman–Crippen MR) is 264 cm³/mol. The molecule has 0 atom stereocenters. The van der Waals surface area contributed by atoms with Gasteiger partial charge in [0.15, 0.2) is 11.5 Å². The lowest BCUT2D eigenvalue weighted by Crippen LogP contribution is -2.18. The largest absolute Gasteiger partial charge is 0.486 e. The van der Waals surface area contributed by atoms with Crippen molar-refractivity contribution in [1.29, 1.82) is 0 Å². The number of benzene rings is 5. The van der Waals surface area contributed by atoms with Gasteiger partial charge >= 0.3 is 5.97 Å². The number of rotatable bonds is 12. The van der Waals surface area contributed by atoms with Crippen molar-refractivity contribution in [2.75, 3.05) is 18.1 Å². The van der Waals surface area contributed by atoms with Gasteiger partial charge in [-0.3, -0.25) is 4.79 Å². The topological polar surface area (TPSA) is 63.4 Å². The molecule has 0 saturated carbocycles. The SMILES string of the molecule is [C-]#[N+]/C(=C\c1sc(-c2cc(CCCCCC)c(-c3ccc(N(c4ccc5c(c4)C(C)(C)c4ccccc4-5)c4ccc5c(c4)C(C)(C)c4ccccc4-5)cc3)s2)c2c1OCCO2)C(=O)O. The molecule has 1 N–H and O–H groups in total. The van der Waals surface area contributed by atoms with E-state index in [9.17, 15) is 9.90 Å². The molecule has 0 bridgehead atoms. The molecule has 0 spiro atoms. The molecule has 2 aliphatic carbocycles. The molecule has 3 heterocycles. The van der Waals surface area contributed by atoms with Gasteiger partial charge < -0.3 is 19.5 Å². The number of ether oxygens (including phenoxy) is 2. The summed E-state index contributed by atoms with van der Waals surface area (Å²) in [6.45, 7) is 19.8. The van der Waals surface area contributed by atoms with Crippen LogP contribution in [-0.2, 0) is 22.0 Å². The molecule has 2 aromatic heterocycles. The molecule has 1 aliphatic heterocycles.